The van der Waals surface area contributed by atoms with E-state index in [4.69, 9.17) is 9.47 Å². The Labute approximate surface area is 154 Å². The van der Waals surface area contributed by atoms with Crippen molar-refractivity contribution in [2.24, 2.45) is 0 Å². The van der Waals surface area contributed by atoms with E-state index in [0.717, 1.165) is 0 Å². The van der Waals surface area contributed by atoms with Gasteiger partial charge >= 0.3 is 5.97 Å². The van der Waals surface area contributed by atoms with Crippen LogP contribution in [0.5, 0.6) is 0 Å². The van der Waals surface area contributed by atoms with Crippen LogP contribution in [0.15, 0.2) is 29.2 Å². The van der Waals surface area contributed by atoms with Gasteiger partial charge in [0.15, 0.2) is 6.10 Å². The zero-order valence-electron chi connectivity index (χ0n) is 15.4. The van der Waals surface area contributed by atoms with Gasteiger partial charge in [-0.3, -0.25) is 4.79 Å². The number of esters is 1. The van der Waals surface area contributed by atoms with Gasteiger partial charge in [0, 0.05) is 19.7 Å². The van der Waals surface area contributed by atoms with E-state index in [1.54, 1.807) is 6.92 Å². The number of sulfonamides is 1. The van der Waals surface area contributed by atoms with Gasteiger partial charge in [-0.1, -0.05) is 6.92 Å². The van der Waals surface area contributed by atoms with Gasteiger partial charge in [-0.15, -0.1) is 0 Å². The summed E-state index contributed by atoms with van der Waals surface area (Å²) in [5.74, 6) is -1.15. The molecule has 0 saturated carbocycles. The lowest BCUT2D eigenvalue weighted by Crippen LogP contribution is -2.37. The van der Waals surface area contributed by atoms with Gasteiger partial charge in [0.25, 0.3) is 5.91 Å². The molecule has 0 aliphatic carbocycles. The number of carbonyl (C=O) groups is 2. The molecule has 0 saturated heterocycles. The summed E-state index contributed by atoms with van der Waals surface area (Å²) >= 11 is 0. The van der Waals surface area contributed by atoms with E-state index in [-0.39, 0.29) is 16.5 Å². The fraction of sp³-hybridized carbons (Fsp3) is 0.529. The predicted molar refractivity (Wildman–Crippen MR) is 96.3 cm³/mol. The molecule has 0 unspecified atom stereocenters. The molecular formula is C17H26N2O6S. The van der Waals surface area contributed by atoms with E-state index in [1.165, 1.54) is 38.3 Å². The average molecular weight is 386 g/mol. The van der Waals surface area contributed by atoms with Crippen molar-refractivity contribution in [2.75, 3.05) is 20.3 Å². The summed E-state index contributed by atoms with van der Waals surface area (Å²) in [5.41, 5.74) is 0.157. The maximum absolute atomic E-state index is 12.2. The Morgan fingerprint density at radius 3 is 2.31 bits per heavy atom. The van der Waals surface area contributed by atoms with E-state index >= 15 is 0 Å². The molecule has 0 bridgehead atoms. The molecule has 26 heavy (non-hydrogen) atoms. The Bertz CT molecular complexity index is 702. The SMILES string of the molecule is CC[C@@H](C)NS(=O)(=O)c1ccc(C(=O)O[C@@H](C)C(=O)NCCOC)cc1. The molecule has 0 aliphatic heterocycles. The predicted octanol–water partition coefficient (Wildman–Crippen LogP) is 1.07. The number of methoxy groups -OCH3 is 1. The number of ether oxygens (including phenoxy) is 2. The first-order valence-corrected chi connectivity index (χ1v) is 9.79. The van der Waals surface area contributed by atoms with Crippen molar-refractivity contribution in [1.82, 2.24) is 10.0 Å². The van der Waals surface area contributed by atoms with E-state index in [2.05, 4.69) is 10.0 Å². The van der Waals surface area contributed by atoms with Gasteiger partial charge in [-0.05, 0) is 44.5 Å². The van der Waals surface area contributed by atoms with Crippen LogP contribution in [-0.4, -0.2) is 52.7 Å². The lowest BCUT2D eigenvalue weighted by molar-refractivity contribution is -0.129. The summed E-state index contributed by atoms with van der Waals surface area (Å²) in [6, 6.07) is 5.16. The van der Waals surface area contributed by atoms with Gasteiger partial charge in [-0.25, -0.2) is 17.9 Å². The Hall–Kier alpha value is -1.97. The summed E-state index contributed by atoms with van der Waals surface area (Å²) in [6.45, 7) is 5.76. The maximum atomic E-state index is 12.2. The lowest BCUT2D eigenvalue weighted by atomic mass is 10.2. The van der Waals surface area contributed by atoms with Crippen LogP contribution < -0.4 is 10.0 Å². The second-order valence-corrected chi connectivity index (χ2v) is 7.50. The van der Waals surface area contributed by atoms with Gasteiger partial charge in [-0.2, -0.15) is 0 Å². The molecule has 1 rings (SSSR count). The molecule has 8 nitrogen and oxygen atoms in total. The molecule has 1 amide bonds. The van der Waals surface area contributed by atoms with Gasteiger partial charge < -0.3 is 14.8 Å². The number of rotatable bonds is 10. The zero-order valence-corrected chi connectivity index (χ0v) is 16.3. The molecule has 2 atom stereocenters. The van der Waals surface area contributed by atoms with Crippen molar-refractivity contribution in [2.45, 2.75) is 44.2 Å². The van der Waals surface area contributed by atoms with Gasteiger partial charge in [0.1, 0.15) is 0 Å². The number of nitrogens with one attached hydrogen (secondary N) is 2. The molecule has 0 aromatic heterocycles. The molecule has 0 heterocycles. The largest absolute Gasteiger partial charge is 0.449 e. The van der Waals surface area contributed by atoms with Crippen molar-refractivity contribution in [3.8, 4) is 0 Å². The second kappa shape index (κ2) is 10.2. The summed E-state index contributed by atoms with van der Waals surface area (Å²) in [4.78, 5) is 23.9. The highest BCUT2D eigenvalue weighted by molar-refractivity contribution is 7.89. The third-order valence-electron chi connectivity index (χ3n) is 3.63. The molecule has 1 aromatic rings. The van der Waals surface area contributed by atoms with Crippen LogP contribution in [0.1, 0.15) is 37.6 Å². The normalized spacial score (nSPS) is 13.7. The fourth-order valence-electron chi connectivity index (χ4n) is 1.89. The van der Waals surface area contributed by atoms with E-state index in [9.17, 15) is 18.0 Å². The van der Waals surface area contributed by atoms with E-state index in [1.807, 2.05) is 6.92 Å². The number of amides is 1. The molecule has 0 aliphatic rings. The minimum atomic E-state index is -3.64. The van der Waals surface area contributed by atoms with Gasteiger partial charge in [0.2, 0.25) is 10.0 Å². The number of hydrogen-bond acceptors (Lipinski definition) is 6. The average Bonchev–Trinajstić information content (AvgIpc) is 2.61. The molecule has 146 valence electrons. The molecule has 0 radical (unpaired) electrons. The number of benzene rings is 1. The Balaban J connectivity index is 2.70. The molecule has 1 aromatic carbocycles. The van der Waals surface area contributed by atoms with Crippen LogP contribution >= 0.6 is 0 Å². The van der Waals surface area contributed by atoms with Gasteiger partial charge in [0.05, 0.1) is 17.1 Å². The standard InChI is InChI=1S/C17H26N2O6S/c1-5-12(2)19-26(22,23)15-8-6-14(7-9-15)17(21)25-13(3)16(20)18-10-11-24-4/h6-9,12-13,19H,5,10-11H2,1-4H3,(H,18,20)/t12-,13+/m1/s1. The molecule has 9 heteroatoms. The third-order valence-corrected chi connectivity index (χ3v) is 5.23. The van der Waals surface area contributed by atoms with Crippen molar-refractivity contribution in [3.05, 3.63) is 29.8 Å². The smallest absolute Gasteiger partial charge is 0.338 e. The summed E-state index contributed by atoms with van der Waals surface area (Å²) in [7, 11) is -2.13. The topological polar surface area (TPSA) is 111 Å². The fourth-order valence-corrected chi connectivity index (χ4v) is 3.22. The van der Waals surface area contributed by atoms with Crippen LogP contribution in [0.25, 0.3) is 0 Å². The minimum absolute atomic E-state index is 0.0553. The number of hydrogen-bond donors (Lipinski definition) is 2. The number of carbonyl (C=O) groups excluding carboxylic acids is 2. The molecule has 0 fully saturated rings. The summed E-state index contributed by atoms with van der Waals surface area (Å²) in [6.07, 6.45) is -0.316. The zero-order chi connectivity index (χ0) is 19.7. The summed E-state index contributed by atoms with van der Waals surface area (Å²) in [5, 5.41) is 2.56. The van der Waals surface area contributed by atoms with Crippen molar-refractivity contribution in [1.29, 1.82) is 0 Å². The van der Waals surface area contributed by atoms with Crippen LogP contribution in [0.3, 0.4) is 0 Å². The lowest BCUT2D eigenvalue weighted by Gasteiger charge is -2.14. The van der Waals surface area contributed by atoms with Crippen LogP contribution in [-0.2, 0) is 24.3 Å². The summed E-state index contributed by atoms with van der Waals surface area (Å²) < 4.78 is 36.8. The third kappa shape index (κ3) is 6.74. The molecular weight excluding hydrogens is 360 g/mol. The molecule has 2 N–H and O–H groups in total. The monoisotopic (exact) mass is 386 g/mol. The van der Waals surface area contributed by atoms with E-state index < -0.39 is 28.0 Å². The van der Waals surface area contributed by atoms with Crippen molar-refractivity contribution in [3.63, 3.8) is 0 Å². The highest BCUT2D eigenvalue weighted by atomic mass is 32.2. The van der Waals surface area contributed by atoms with Crippen molar-refractivity contribution < 1.29 is 27.5 Å². The highest BCUT2D eigenvalue weighted by Crippen LogP contribution is 2.13. The minimum Gasteiger partial charge on any atom is -0.449 e. The Morgan fingerprint density at radius 1 is 1.15 bits per heavy atom. The second-order valence-electron chi connectivity index (χ2n) is 5.79. The van der Waals surface area contributed by atoms with Crippen molar-refractivity contribution >= 4 is 21.9 Å². The van der Waals surface area contributed by atoms with Crippen LogP contribution in [0.2, 0.25) is 0 Å². The first kappa shape index (κ1) is 22.1. The van der Waals surface area contributed by atoms with Crippen LogP contribution in [0, 0.1) is 0 Å². The highest BCUT2D eigenvalue weighted by Gasteiger charge is 2.20. The van der Waals surface area contributed by atoms with Crippen LogP contribution in [0.4, 0.5) is 0 Å². The molecule has 0 spiro atoms. The quantitative estimate of drug-likeness (QED) is 0.460. The Kier molecular flexibility index (Phi) is 8.70. The maximum Gasteiger partial charge on any atom is 0.338 e. The van der Waals surface area contributed by atoms with E-state index in [0.29, 0.717) is 19.6 Å². The first-order chi connectivity index (χ1) is 12.2. The Morgan fingerprint density at radius 2 is 1.77 bits per heavy atom. The first-order valence-electron chi connectivity index (χ1n) is 8.31.